The number of methoxy groups -OCH3 is 1. The number of ether oxygens (including phenoxy) is 1. The molecule has 3 nitrogen and oxygen atoms in total. The van der Waals surface area contributed by atoms with Crippen molar-refractivity contribution in [2.24, 2.45) is 0 Å². The van der Waals surface area contributed by atoms with Gasteiger partial charge in [0, 0.05) is 0 Å². The SMILES string of the molecule is CC/C=C(\C=C/CO)P(OC)(c1ccccc1)(c1ccc(OC)cc1)c1ccccc1CC1=CC=C(Cl)C=CC1. The molecule has 0 atom stereocenters. The monoisotopic (exact) mass is 572 g/mol. The van der Waals surface area contributed by atoms with E-state index >= 15 is 0 Å². The molecule has 40 heavy (non-hydrogen) atoms. The fourth-order valence-electron chi connectivity index (χ4n) is 5.72. The van der Waals surface area contributed by atoms with Crippen molar-refractivity contribution in [2.45, 2.75) is 26.2 Å². The molecule has 3 aromatic rings. The predicted octanol–water partition coefficient (Wildman–Crippen LogP) is 7.48. The zero-order valence-electron chi connectivity index (χ0n) is 23.5. The molecule has 208 valence electrons. The van der Waals surface area contributed by atoms with Crippen LogP contribution in [-0.4, -0.2) is 25.9 Å². The first kappa shape index (κ1) is 29.8. The Morgan fingerprint density at radius 2 is 1.62 bits per heavy atom. The summed E-state index contributed by atoms with van der Waals surface area (Å²) in [5.74, 6) is 0.781. The van der Waals surface area contributed by atoms with Crippen molar-refractivity contribution in [3.8, 4) is 5.75 Å². The molecule has 1 N–H and O–H groups in total. The molecule has 1 aliphatic carbocycles. The maximum atomic E-state index is 9.92. The quantitative estimate of drug-likeness (QED) is 0.191. The Morgan fingerprint density at radius 1 is 0.925 bits per heavy atom. The van der Waals surface area contributed by atoms with Crippen LogP contribution in [0.2, 0.25) is 0 Å². The summed E-state index contributed by atoms with van der Waals surface area (Å²) in [7, 11) is 3.51. The second-order valence-electron chi connectivity index (χ2n) is 9.66. The molecule has 0 spiro atoms. The van der Waals surface area contributed by atoms with Crippen LogP contribution in [0.1, 0.15) is 25.3 Å². The molecule has 0 aromatic heterocycles. The van der Waals surface area contributed by atoms with Crippen molar-refractivity contribution < 1.29 is 14.4 Å². The molecule has 0 radical (unpaired) electrons. The Balaban J connectivity index is 2.18. The van der Waals surface area contributed by atoms with Crippen molar-refractivity contribution in [1.82, 2.24) is 0 Å². The van der Waals surface area contributed by atoms with E-state index in [1.165, 1.54) is 11.1 Å². The molecule has 0 amide bonds. The van der Waals surface area contributed by atoms with E-state index < -0.39 is 6.83 Å². The van der Waals surface area contributed by atoms with Crippen LogP contribution in [0.5, 0.6) is 5.75 Å². The Kier molecular flexibility index (Phi) is 10.0. The molecule has 0 saturated carbocycles. The molecular weight excluding hydrogens is 535 g/mol. The summed E-state index contributed by atoms with van der Waals surface area (Å²) in [6.07, 6.45) is 16.6. The Bertz CT molecular complexity index is 1450. The van der Waals surface area contributed by atoms with Gasteiger partial charge in [-0.25, -0.2) is 0 Å². The van der Waals surface area contributed by atoms with E-state index in [0.29, 0.717) is 0 Å². The summed E-state index contributed by atoms with van der Waals surface area (Å²) in [5, 5.41) is 15.0. The molecule has 0 heterocycles. The standard InChI is InChI=1S/C35H38ClO3P/c1-4-12-32(18-11-26-37)40(39-3,33-16-6-5-7-17-33,34-24-22-31(38-2)23-25-34)35-19-9-8-14-29(35)27-28-13-10-15-30(36)21-20-28/h5-12,14-25,37H,4,13,26-27H2,1-3H3/b18-11-,32-12+. The number of halogens is 1. The third-order valence-electron chi connectivity index (χ3n) is 7.48. The van der Waals surface area contributed by atoms with Crippen molar-refractivity contribution in [1.29, 1.82) is 0 Å². The van der Waals surface area contributed by atoms with E-state index in [1.54, 1.807) is 7.11 Å². The topological polar surface area (TPSA) is 38.7 Å². The molecule has 4 rings (SSSR count). The van der Waals surface area contributed by atoms with Crippen molar-refractivity contribution in [2.75, 3.05) is 20.8 Å². The summed E-state index contributed by atoms with van der Waals surface area (Å²) in [6, 6.07) is 27.5. The van der Waals surface area contributed by atoms with Crippen LogP contribution in [0, 0.1) is 0 Å². The van der Waals surface area contributed by atoms with Gasteiger partial charge in [0.25, 0.3) is 0 Å². The summed E-state index contributed by atoms with van der Waals surface area (Å²) in [4.78, 5) is 0. The number of hydrogen-bond acceptors (Lipinski definition) is 3. The van der Waals surface area contributed by atoms with Gasteiger partial charge in [-0.2, -0.15) is 0 Å². The maximum absolute atomic E-state index is 9.92. The van der Waals surface area contributed by atoms with Gasteiger partial charge in [0.05, 0.1) is 0 Å². The van der Waals surface area contributed by atoms with Crippen LogP contribution in [-0.2, 0) is 10.9 Å². The Hall–Kier alpha value is -3.20. The predicted molar refractivity (Wildman–Crippen MR) is 173 cm³/mol. The van der Waals surface area contributed by atoms with E-state index in [1.807, 2.05) is 43.5 Å². The van der Waals surface area contributed by atoms with E-state index in [9.17, 15) is 5.11 Å². The van der Waals surface area contributed by atoms with Gasteiger partial charge in [0.15, 0.2) is 0 Å². The minimum atomic E-state index is -3.84. The van der Waals surface area contributed by atoms with Gasteiger partial charge in [-0.15, -0.1) is 0 Å². The zero-order chi connectivity index (χ0) is 28.5. The van der Waals surface area contributed by atoms with E-state index in [-0.39, 0.29) is 6.61 Å². The fraction of sp³-hybridized carbons (Fsp3) is 0.200. The average molecular weight is 573 g/mol. The third kappa shape index (κ3) is 5.40. The van der Waals surface area contributed by atoms with Gasteiger partial charge >= 0.3 is 244 Å². The number of allylic oxidation sites excluding steroid dienone is 9. The number of hydrogen-bond donors (Lipinski definition) is 1. The molecule has 0 fully saturated rings. The summed E-state index contributed by atoms with van der Waals surface area (Å²) >= 11 is 6.32. The first-order valence-electron chi connectivity index (χ1n) is 13.6. The van der Waals surface area contributed by atoms with Crippen LogP contribution in [0.25, 0.3) is 0 Å². The van der Waals surface area contributed by atoms with Crippen LogP contribution >= 0.6 is 18.4 Å². The summed E-state index contributed by atoms with van der Waals surface area (Å²) in [5.41, 5.74) is 2.45. The zero-order valence-corrected chi connectivity index (χ0v) is 25.1. The van der Waals surface area contributed by atoms with Crippen molar-refractivity contribution >= 4 is 34.3 Å². The van der Waals surface area contributed by atoms with Crippen LogP contribution < -0.4 is 20.7 Å². The van der Waals surface area contributed by atoms with Crippen LogP contribution in [0.3, 0.4) is 0 Å². The van der Waals surface area contributed by atoms with Gasteiger partial charge in [-0.3, -0.25) is 0 Å². The van der Waals surface area contributed by atoms with E-state index in [4.69, 9.17) is 20.9 Å². The van der Waals surface area contributed by atoms with Gasteiger partial charge < -0.3 is 0 Å². The van der Waals surface area contributed by atoms with Crippen LogP contribution in [0.15, 0.2) is 137 Å². The van der Waals surface area contributed by atoms with Gasteiger partial charge in [0.1, 0.15) is 0 Å². The van der Waals surface area contributed by atoms with Crippen molar-refractivity contribution in [3.63, 3.8) is 0 Å². The fourth-order valence-corrected chi connectivity index (χ4v) is 11.9. The van der Waals surface area contributed by atoms with Gasteiger partial charge in [-0.1, -0.05) is 0 Å². The van der Waals surface area contributed by atoms with E-state index in [0.717, 1.165) is 51.3 Å². The minimum absolute atomic E-state index is 0.0668. The molecular formula is C35H38ClO3P. The molecule has 0 bridgehead atoms. The van der Waals surface area contributed by atoms with Crippen molar-refractivity contribution in [3.05, 3.63) is 143 Å². The normalized spacial score (nSPS) is 15.2. The number of aliphatic hydroxyl groups excluding tert-OH is 1. The molecule has 5 heteroatoms. The number of aliphatic hydroxyl groups is 1. The van der Waals surface area contributed by atoms with Gasteiger partial charge in [-0.05, 0) is 0 Å². The first-order chi connectivity index (χ1) is 19.5. The van der Waals surface area contributed by atoms with Gasteiger partial charge in [0.2, 0.25) is 0 Å². The molecule has 0 aliphatic heterocycles. The third-order valence-corrected chi connectivity index (χ3v) is 13.7. The van der Waals surface area contributed by atoms with Crippen LogP contribution in [0.4, 0.5) is 0 Å². The van der Waals surface area contributed by atoms with E-state index in [2.05, 4.69) is 91.9 Å². The Labute approximate surface area is 243 Å². The molecule has 0 unspecified atom stereocenters. The second kappa shape index (κ2) is 13.4. The molecule has 1 aliphatic rings. The first-order valence-corrected chi connectivity index (χ1v) is 16.1. The number of benzene rings is 3. The summed E-state index contributed by atoms with van der Waals surface area (Å²) < 4.78 is 12.7. The summed E-state index contributed by atoms with van der Waals surface area (Å²) in [6.45, 7) is -1.77. The Morgan fingerprint density at radius 3 is 2.30 bits per heavy atom. The average Bonchev–Trinajstić information content (AvgIpc) is 3.21. The second-order valence-corrected chi connectivity index (χ2v) is 14.6. The molecule has 0 saturated heterocycles. The molecule has 3 aromatic carbocycles. The number of rotatable bonds is 11.